The van der Waals surface area contributed by atoms with Crippen LogP contribution in [0, 0.1) is 5.82 Å². The van der Waals surface area contributed by atoms with Gasteiger partial charge >= 0.3 is 0 Å². The van der Waals surface area contributed by atoms with E-state index in [0.717, 1.165) is 60.4 Å². The van der Waals surface area contributed by atoms with Gasteiger partial charge in [-0.2, -0.15) is 0 Å². The first-order chi connectivity index (χ1) is 20.0. The van der Waals surface area contributed by atoms with Crippen molar-refractivity contribution in [2.24, 2.45) is 0 Å². The maximum atomic E-state index is 14.1. The van der Waals surface area contributed by atoms with Crippen LogP contribution in [0.5, 0.6) is 0 Å². The Labute approximate surface area is 256 Å². The Morgan fingerprint density at radius 1 is 0.952 bits per heavy atom. The molecule has 0 spiro atoms. The van der Waals surface area contributed by atoms with Crippen molar-refractivity contribution in [2.75, 3.05) is 17.1 Å². The zero-order chi connectivity index (χ0) is 30.3. The van der Waals surface area contributed by atoms with Crippen LogP contribution in [-0.4, -0.2) is 50.0 Å². The van der Waals surface area contributed by atoms with Gasteiger partial charge in [0.05, 0.1) is 17.0 Å². The molecule has 0 unspecified atom stereocenters. The van der Waals surface area contributed by atoms with Crippen molar-refractivity contribution in [3.63, 3.8) is 0 Å². The van der Waals surface area contributed by atoms with E-state index in [0.29, 0.717) is 10.6 Å². The first-order valence-corrected chi connectivity index (χ1v) is 16.4. The fraction of sp³-hybridized carbons (Fsp3) is 0.355. The zero-order valence-electron chi connectivity index (χ0n) is 23.3. The maximum Gasteiger partial charge on any atom is 0.244 e. The predicted molar refractivity (Wildman–Crippen MR) is 165 cm³/mol. The molecule has 0 radical (unpaired) electrons. The number of carbonyl (C=O) groups excluding carboxylic acids is 2. The molecule has 3 aromatic carbocycles. The van der Waals surface area contributed by atoms with E-state index in [1.165, 1.54) is 11.0 Å². The van der Waals surface area contributed by atoms with Crippen LogP contribution in [-0.2, 0) is 32.6 Å². The van der Waals surface area contributed by atoms with E-state index in [9.17, 15) is 22.4 Å². The average molecular weight is 635 g/mol. The van der Waals surface area contributed by atoms with E-state index in [2.05, 4.69) is 5.32 Å². The number of hydrogen-bond acceptors (Lipinski definition) is 4. The number of carbonyl (C=O) groups is 2. The highest BCUT2D eigenvalue weighted by Crippen LogP contribution is 2.26. The van der Waals surface area contributed by atoms with Gasteiger partial charge in [0.2, 0.25) is 21.8 Å². The summed E-state index contributed by atoms with van der Waals surface area (Å²) in [4.78, 5) is 29.5. The molecule has 1 aliphatic rings. The number of nitrogens with zero attached hydrogens (tertiary/aromatic N) is 2. The molecular formula is C31H34Cl2FN3O4S. The second-order valence-corrected chi connectivity index (χ2v) is 13.3. The number of nitrogens with one attached hydrogen (secondary N) is 1. The molecule has 0 heterocycles. The summed E-state index contributed by atoms with van der Waals surface area (Å²) in [6.45, 7) is -0.611. The van der Waals surface area contributed by atoms with Crippen molar-refractivity contribution in [1.29, 1.82) is 0 Å². The summed E-state index contributed by atoms with van der Waals surface area (Å²) in [5, 5.41) is 3.33. The minimum absolute atomic E-state index is 0.00141. The van der Waals surface area contributed by atoms with Gasteiger partial charge in [0, 0.05) is 24.0 Å². The van der Waals surface area contributed by atoms with E-state index in [4.69, 9.17) is 23.2 Å². The lowest BCUT2D eigenvalue weighted by atomic mass is 9.94. The molecule has 1 aliphatic carbocycles. The lowest BCUT2D eigenvalue weighted by Crippen LogP contribution is -2.55. The standard InChI is InChI=1S/C31H34Cl2FN3O4S/c1-42(40,41)37(26-15-16-28(34)27(33)19-26)21-30(38)36(20-23-11-8-12-24(32)17-23)29(18-22-9-4-2-5-10-22)31(39)35-25-13-6-3-7-14-25/h2,4-5,8-12,15-17,19,25,29H,3,6-7,13-14,18,20-21H2,1H3,(H,35,39)/t29-/m1/s1. The minimum atomic E-state index is -4.00. The van der Waals surface area contributed by atoms with Crippen molar-refractivity contribution >= 4 is 50.7 Å². The molecule has 1 N–H and O–H groups in total. The predicted octanol–water partition coefficient (Wildman–Crippen LogP) is 5.99. The fourth-order valence-electron chi connectivity index (χ4n) is 5.18. The van der Waals surface area contributed by atoms with E-state index in [-0.39, 0.29) is 35.6 Å². The highest BCUT2D eigenvalue weighted by atomic mass is 35.5. The number of hydrogen-bond donors (Lipinski definition) is 1. The number of benzene rings is 3. The molecule has 0 bridgehead atoms. The van der Waals surface area contributed by atoms with Crippen LogP contribution in [0.1, 0.15) is 43.2 Å². The largest absolute Gasteiger partial charge is 0.352 e. The third-order valence-corrected chi connectivity index (χ3v) is 9.00. The quantitative estimate of drug-likeness (QED) is 0.281. The van der Waals surface area contributed by atoms with E-state index in [1.54, 1.807) is 24.3 Å². The Kier molecular flexibility index (Phi) is 10.9. The lowest BCUT2D eigenvalue weighted by molar-refractivity contribution is -0.140. The number of amides is 2. The van der Waals surface area contributed by atoms with E-state index in [1.807, 2.05) is 30.3 Å². The van der Waals surface area contributed by atoms with Crippen LogP contribution in [0.15, 0.2) is 72.8 Å². The average Bonchev–Trinajstić information content (AvgIpc) is 2.95. The van der Waals surface area contributed by atoms with Gasteiger partial charge in [0.1, 0.15) is 18.4 Å². The molecule has 0 aliphatic heterocycles. The van der Waals surface area contributed by atoms with Crippen LogP contribution in [0.25, 0.3) is 0 Å². The molecule has 11 heteroatoms. The molecule has 0 aromatic heterocycles. The van der Waals surface area contributed by atoms with Gasteiger partial charge in [0.25, 0.3) is 0 Å². The van der Waals surface area contributed by atoms with Crippen LogP contribution < -0.4 is 9.62 Å². The topological polar surface area (TPSA) is 86.8 Å². The van der Waals surface area contributed by atoms with Crippen LogP contribution in [0.3, 0.4) is 0 Å². The molecular weight excluding hydrogens is 600 g/mol. The van der Waals surface area contributed by atoms with Crippen LogP contribution in [0.2, 0.25) is 10.0 Å². The van der Waals surface area contributed by atoms with Gasteiger partial charge in [-0.1, -0.05) is 84.9 Å². The van der Waals surface area contributed by atoms with E-state index < -0.39 is 34.3 Å². The Morgan fingerprint density at radius 2 is 1.64 bits per heavy atom. The highest BCUT2D eigenvalue weighted by Gasteiger charge is 2.34. The summed E-state index contributed by atoms with van der Waals surface area (Å²) in [5.74, 6) is -1.64. The summed E-state index contributed by atoms with van der Waals surface area (Å²) in [6, 6.07) is 18.8. The Bertz CT molecular complexity index is 1500. The fourth-order valence-corrected chi connectivity index (χ4v) is 6.41. The second-order valence-electron chi connectivity index (χ2n) is 10.6. The van der Waals surface area contributed by atoms with Crippen LogP contribution in [0.4, 0.5) is 10.1 Å². The monoisotopic (exact) mass is 633 g/mol. The van der Waals surface area contributed by atoms with Gasteiger partial charge < -0.3 is 10.2 Å². The van der Waals surface area contributed by atoms with Gasteiger partial charge in [-0.15, -0.1) is 0 Å². The lowest BCUT2D eigenvalue weighted by Gasteiger charge is -2.35. The smallest absolute Gasteiger partial charge is 0.244 e. The van der Waals surface area contributed by atoms with Crippen molar-refractivity contribution in [2.45, 2.75) is 57.2 Å². The molecule has 3 aromatic rings. The summed E-state index contributed by atoms with van der Waals surface area (Å²) in [7, 11) is -4.00. The van der Waals surface area contributed by atoms with Gasteiger partial charge in [-0.25, -0.2) is 12.8 Å². The molecule has 1 saturated carbocycles. The van der Waals surface area contributed by atoms with Crippen molar-refractivity contribution in [3.05, 3.63) is 99.8 Å². The zero-order valence-corrected chi connectivity index (χ0v) is 25.6. The van der Waals surface area contributed by atoms with Crippen molar-refractivity contribution in [3.8, 4) is 0 Å². The minimum Gasteiger partial charge on any atom is -0.352 e. The van der Waals surface area contributed by atoms with Gasteiger partial charge in [-0.05, 0) is 54.3 Å². The third kappa shape index (κ3) is 8.69. The summed E-state index contributed by atoms with van der Waals surface area (Å²) < 4.78 is 40.5. The molecule has 2 amide bonds. The molecule has 0 saturated heterocycles. The normalized spacial score (nSPS) is 14.7. The highest BCUT2D eigenvalue weighted by molar-refractivity contribution is 7.92. The molecule has 224 valence electrons. The SMILES string of the molecule is CS(=O)(=O)N(CC(=O)N(Cc1cccc(Cl)c1)[C@H](Cc1ccccc1)C(=O)NC1CCCCC1)c1ccc(F)c(Cl)c1. The Hall–Kier alpha value is -3.14. The molecule has 7 nitrogen and oxygen atoms in total. The molecule has 4 rings (SSSR count). The van der Waals surface area contributed by atoms with Gasteiger partial charge in [-0.3, -0.25) is 13.9 Å². The van der Waals surface area contributed by atoms with Gasteiger partial charge in [0.15, 0.2) is 0 Å². The summed E-state index contributed by atoms with van der Waals surface area (Å²) >= 11 is 12.2. The first-order valence-electron chi connectivity index (χ1n) is 13.8. The number of sulfonamides is 1. The summed E-state index contributed by atoms with van der Waals surface area (Å²) in [6.07, 6.45) is 6.04. The van der Waals surface area contributed by atoms with Crippen molar-refractivity contribution in [1.82, 2.24) is 10.2 Å². The number of rotatable bonds is 11. The maximum absolute atomic E-state index is 14.1. The van der Waals surface area contributed by atoms with E-state index >= 15 is 0 Å². The number of anilines is 1. The summed E-state index contributed by atoms with van der Waals surface area (Å²) in [5.41, 5.74) is 1.55. The molecule has 42 heavy (non-hydrogen) atoms. The first kappa shape index (κ1) is 31.8. The Morgan fingerprint density at radius 3 is 2.29 bits per heavy atom. The third-order valence-electron chi connectivity index (χ3n) is 7.33. The Balaban J connectivity index is 1.73. The molecule has 1 atom stereocenters. The molecule has 1 fully saturated rings. The second kappa shape index (κ2) is 14.4. The number of halogens is 3. The van der Waals surface area contributed by atoms with Crippen molar-refractivity contribution < 1.29 is 22.4 Å². The van der Waals surface area contributed by atoms with Crippen LogP contribution >= 0.6 is 23.2 Å².